The first kappa shape index (κ1) is 15.5. The number of para-hydroxylation sites is 1. The Kier molecular flexibility index (Phi) is 6.36. The molecule has 0 saturated heterocycles. The Morgan fingerprint density at radius 1 is 1.32 bits per heavy atom. The van der Waals surface area contributed by atoms with Gasteiger partial charge >= 0.3 is 6.03 Å². The molecule has 0 aliphatic carbocycles. The number of benzene rings is 1. The van der Waals surface area contributed by atoms with Crippen molar-refractivity contribution in [2.45, 2.75) is 26.7 Å². The predicted octanol–water partition coefficient (Wildman–Crippen LogP) is 2.63. The molecular weight excluding hydrogens is 238 g/mol. The van der Waals surface area contributed by atoms with Gasteiger partial charge in [0.05, 0.1) is 0 Å². The molecule has 4 nitrogen and oxygen atoms in total. The van der Waals surface area contributed by atoms with Crippen LogP contribution in [0.3, 0.4) is 0 Å². The fourth-order valence-corrected chi connectivity index (χ4v) is 1.96. The van der Waals surface area contributed by atoms with E-state index in [4.69, 9.17) is 0 Å². The van der Waals surface area contributed by atoms with E-state index in [1.807, 2.05) is 33.2 Å². The number of rotatable bonds is 6. The van der Waals surface area contributed by atoms with Crippen LogP contribution in [0.1, 0.15) is 24.5 Å². The topological polar surface area (TPSA) is 44.4 Å². The lowest BCUT2D eigenvalue weighted by molar-refractivity contribution is 0.251. The lowest BCUT2D eigenvalue weighted by Gasteiger charge is -2.14. The molecule has 2 N–H and O–H groups in total. The largest absolute Gasteiger partial charge is 0.338 e. The Balaban J connectivity index is 2.48. The third-order valence-corrected chi connectivity index (χ3v) is 3.05. The number of carbonyl (C=O) groups excluding carboxylic acids is 1. The van der Waals surface area contributed by atoms with Crippen molar-refractivity contribution < 1.29 is 4.79 Å². The number of nitrogens with one attached hydrogen (secondary N) is 2. The average molecular weight is 263 g/mol. The van der Waals surface area contributed by atoms with Crippen molar-refractivity contribution in [3.8, 4) is 0 Å². The van der Waals surface area contributed by atoms with E-state index in [0.717, 1.165) is 30.6 Å². The molecule has 0 heterocycles. The molecule has 1 aromatic rings. The lowest BCUT2D eigenvalue weighted by Crippen LogP contribution is -2.31. The molecule has 0 aromatic heterocycles. The minimum Gasteiger partial charge on any atom is -0.338 e. The van der Waals surface area contributed by atoms with Gasteiger partial charge in [0.25, 0.3) is 0 Å². The molecule has 2 amide bonds. The number of carbonyl (C=O) groups is 1. The van der Waals surface area contributed by atoms with Crippen molar-refractivity contribution in [3.05, 3.63) is 29.3 Å². The maximum Gasteiger partial charge on any atom is 0.319 e. The van der Waals surface area contributed by atoms with Crippen molar-refractivity contribution in [3.63, 3.8) is 0 Å². The lowest BCUT2D eigenvalue weighted by atomic mass is 10.1. The zero-order valence-corrected chi connectivity index (χ0v) is 12.4. The molecule has 0 aliphatic heterocycles. The maximum atomic E-state index is 11.8. The maximum absolute atomic E-state index is 11.8. The summed E-state index contributed by atoms with van der Waals surface area (Å²) >= 11 is 0. The standard InChI is InChI=1S/C15H25N3O/c1-5-13-9-6-8-12(2)14(13)17-15(19)16-10-7-11-18(3)4/h6,8-9H,5,7,10-11H2,1-4H3,(H2,16,17,19). The van der Waals surface area contributed by atoms with Gasteiger partial charge in [-0.25, -0.2) is 4.79 Å². The van der Waals surface area contributed by atoms with Gasteiger partial charge in [0.15, 0.2) is 0 Å². The number of hydrogen-bond acceptors (Lipinski definition) is 2. The molecule has 0 unspecified atom stereocenters. The Morgan fingerprint density at radius 2 is 2.05 bits per heavy atom. The number of nitrogens with zero attached hydrogens (tertiary/aromatic N) is 1. The van der Waals surface area contributed by atoms with E-state index in [0.29, 0.717) is 6.54 Å². The van der Waals surface area contributed by atoms with Crippen molar-refractivity contribution >= 4 is 11.7 Å². The first-order valence-corrected chi connectivity index (χ1v) is 6.82. The summed E-state index contributed by atoms with van der Waals surface area (Å²) in [5.74, 6) is 0. The Morgan fingerprint density at radius 3 is 2.68 bits per heavy atom. The molecule has 1 aromatic carbocycles. The summed E-state index contributed by atoms with van der Waals surface area (Å²) < 4.78 is 0. The highest BCUT2D eigenvalue weighted by Crippen LogP contribution is 2.20. The van der Waals surface area contributed by atoms with E-state index < -0.39 is 0 Å². The van der Waals surface area contributed by atoms with Gasteiger partial charge in [-0.2, -0.15) is 0 Å². The Labute approximate surface area is 116 Å². The smallest absolute Gasteiger partial charge is 0.319 e. The second-order valence-corrected chi connectivity index (χ2v) is 5.00. The zero-order chi connectivity index (χ0) is 14.3. The van der Waals surface area contributed by atoms with Gasteiger partial charge in [0.1, 0.15) is 0 Å². The van der Waals surface area contributed by atoms with Gasteiger partial charge in [-0.15, -0.1) is 0 Å². The molecule has 4 heteroatoms. The SMILES string of the molecule is CCc1cccc(C)c1NC(=O)NCCCN(C)C. The van der Waals surface area contributed by atoms with E-state index in [2.05, 4.69) is 28.5 Å². The van der Waals surface area contributed by atoms with Crippen LogP contribution in [0, 0.1) is 6.92 Å². The van der Waals surface area contributed by atoms with Gasteiger partial charge in [-0.1, -0.05) is 25.1 Å². The van der Waals surface area contributed by atoms with Crippen LogP contribution in [-0.2, 0) is 6.42 Å². The van der Waals surface area contributed by atoms with Crippen LogP contribution in [0.2, 0.25) is 0 Å². The first-order valence-electron chi connectivity index (χ1n) is 6.82. The fraction of sp³-hybridized carbons (Fsp3) is 0.533. The summed E-state index contributed by atoms with van der Waals surface area (Å²) in [6, 6.07) is 5.96. The van der Waals surface area contributed by atoms with E-state index >= 15 is 0 Å². The summed E-state index contributed by atoms with van der Waals surface area (Å²) in [5.41, 5.74) is 3.21. The quantitative estimate of drug-likeness (QED) is 0.775. The van der Waals surface area contributed by atoms with Crippen molar-refractivity contribution in [1.82, 2.24) is 10.2 Å². The monoisotopic (exact) mass is 263 g/mol. The molecule has 0 bridgehead atoms. The van der Waals surface area contributed by atoms with Gasteiger partial charge in [0, 0.05) is 12.2 Å². The van der Waals surface area contributed by atoms with Crippen molar-refractivity contribution in [2.75, 3.05) is 32.5 Å². The summed E-state index contributed by atoms with van der Waals surface area (Å²) in [5, 5.41) is 5.84. The molecule has 106 valence electrons. The Bertz CT molecular complexity index is 416. The number of amides is 2. The van der Waals surface area contributed by atoms with Crippen molar-refractivity contribution in [1.29, 1.82) is 0 Å². The van der Waals surface area contributed by atoms with Crippen LogP contribution in [0.5, 0.6) is 0 Å². The number of urea groups is 1. The fourth-order valence-electron chi connectivity index (χ4n) is 1.96. The Hall–Kier alpha value is -1.55. The molecule has 0 saturated carbocycles. The molecular formula is C15H25N3O. The highest BCUT2D eigenvalue weighted by atomic mass is 16.2. The highest BCUT2D eigenvalue weighted by Gasteiger charge is 2.07. The third kappa shape index (κ3) is 5.30. The number of hydrogen-bond donors (Lipinski definition) is 2. The third-order valence-electron chi connectivity index (χ3n) is 3.05. The van der Waals surface area contributed by atoms with Crippen LogP contribution in [0.4, 0.5) is 10.5 Å². The highest BCUT2D eigenvalue weighted by molar-refractivity contribution is 5.91. The van der Waals surface area contributed by atoms with Crippen molar-refractivity contribution in [2.24, 2.45) is 0 Å². The predicted molar refractivity (Wildman–Crippen MR) is 80.7 cm³/mol. The van der Waals surface area contributed by atoms with Crippen LogP contribution in [-0.4, -0.2) is 38.1 Å². The number of anilines is 1. The minimum atomic E-state index is -0.122. The summed E-state index contributed by atoms with van der Waals surface area (Å²) in [4.78, 5) is 13.9. The van der Waals surface area contributed by atoms with E-state index in [1.54, 1.807) is 0 Å². The van der Waals surface area contributed by atoms with Gasteiger partial charge < -0.3 is 15.5 Å². The zero-order valence-electron chi connectivity index (χ0n) is 12.4. The molecule has 0 aliphatic rings. The van der Waals surface area contributed by atoms with E-state index in [-0.39, 0.29) is 6.03 Å². The van der Waals surface area contributed by atoms with E-state index in [1.165, 1.54) is 5.56 Å². The first-order chi connectivity index (χ1) is 9.04. The van der Waals surface area contributed by atoms with Crippen LogP contribution in [0.25, 0.3) is 0 Å². The molecule has 0 radical (unpaired) electrons. The van der Waals surface area contributed by atoms with Crippen LogP contribution >= 0.6 is 0 Å². The van der Waals surface area contributed by atoms with Gasteiger partial charge in [-0.05, 0) is 51.5 Å². The normalized spacial score (nSPS) is 10.6. The van der Waals surface area contributed by atoms with E-state index in [9.17, 15) is 4.79 Å². The summed E-state index contributed by atoms with van der Waals surface area (Å²) in [7, 11) is 4.06. The molecule has 0 fully saturated rings. The van der Waals surface area contributed by atoms with Gasteiger partial charge in [0.2, 0.25) is 0 Å². The molecule has 19 heavy (non-hydrogen) atoms. The minimum absolute atomic E-state index is 0.122. The van der Waals surface area contributed by atoms with Gasteiger partial charge in [-0.3, -0.25) is 0 Å². The molecule has 1 rings (SSSR count). The number of aryl methyl sites for hydroxylation is 2. The summed E-state index contributed by atoms with van der Waals surface area (Å²) in [6.45, 7) is 5.78. The second-order valence-electron chi connectivity index (χ2n) is 5.00. The summed E-state index contributed by atoms with van der Waals surface area (Å²) in [6.07, 6.45) is 1.87. The second kappa shape index (κ2) is 7.79. The molecule has 0 spiro atoms. The van der Waals surface area contributed by atoms with Crippen LogP contribution < -0.4 is 10.6 Å². The van der Waals surface area contributed by atoms with Crippen LogP contribution in [0.15, 0.2) is 18.2 Å². The average Bonchev–Trinajstić information content (AvgIpc) is 2.37. The molecule has 0 atom stereocenters.